The molecule has 1 heterocycles. The Morgan fingerprint density at radius 1 is 1.55 bits per heavy atom. The number of pyridine rings is 1. The summed E-state index contributed by atoms with van der Waals surface area (Å²) in [5, 5.41) is 17.7. The lowest BCUT2D eigenvalue weighted by molar-refractivity contribution is 0.447. The molecule has 0 radical (unpaired) electrons. The largest absolute Gasteiger partial charge is 0.493 e. The van der Waals surface area contributed by atoms with Crippen LogP contribution in [0.3, 0.4) is 0 Å². The average Bonchev–Trinajstić information content (AvgIpc) is 1.97. The van der Waals surface area contributed by atoms with Gasteiger partial charge in [-0.2, -0.15) is 5.26 Å². The number of aryl methyl sites for hydroxylation is 2. The third kappa shape index (κ3) is 1.30. The van der Waals surface area contributed by atoms with Crippen LogP contribution in [0.25, 0.3) is 0 Å². The molecule has 0 atom stereocenters. The highest BCUT2D eigenvalue weighted by Gasteiger charge is 2.02. The van der Waals surface area contributed by atoms with Crippen LogP contribution in [0.1, 0.15) is 16.8 Å². The molecule has 0 saturated carbocycles. The first-order valence-electron chi connectivity index (χ1n) is 3.22. The van der Waals surface area contributed by atoms with E-state index in [0.717, 1.165) is 0 Å². The van der Waals surface area contributed by atoms with Crippen molar-refractivity contribution in [3.05, 3.63) is 22.9 Å². The summed E-state index contributed by atoms with van der Waals surface area (Å²) in [6.45, 7) is 3.40. The van der Waals surface area contributed by atoms with Crippen molar-refractivity contribution in [1.29, 1.82) is 5.26 Å². The molecule has 0 unspecified atom stereocenters. The van der Waals surface area contributed by atoms with Gasteiger partial charge >= 0.3 is 0 Å². The van der Waals surface area contributed by atoms with E-state index in [0.29, 0.717) is 16.8 Å². The summed E-state index contributed by atoms with van der Waals surface area (Å²) < 4.78 is 0. The normalized spacial score (nSPS) is 9.18. The second-order valence-electron chi connectivity index (χ2n) is 2.37. The van der Waals surface area contributed by atoms with Crippen LogP contribution in [0, 0.1) is 25.2 Å². The lowest BCUT2D eigenvalue weighted by Gasteiger charge is -1.99. The first-order valence-corrected chi connectivity index (χ1v) is 3.22. The van der Waals surface area contributed by atoms with Crippen molar-refractivity contribution in [2.75, 3.05) is 0 Å². The fraction of sp³-hybridized carbons (Fsp3) is 0.250. The molecule has 56 valence electrons. The molecular formula is C8H8N2O. The van der Waals surface area contributed by atoms with Gasteiger partial charge in [0.25, 0.3) is 0 Å². The first-order chi connectivity index (χ1) is 5.15. The van der Waals surface area contributed by atoms with Crippen molar-refractivity contribution >= 4 is 0 Å². The molecule has 0 amide bonds. The number of hydrogen-bond donors (Lipinski definition) is 1. The summed E-state index contributed by atoms with van der Waals surface area (Å²) in [7, 11) is 0. The highest BCUT2D eigenvalue weighted by molar-refractivity contribution is 5.39. The number of aromatic hydroxyl groups is 1. The summed E-state index contributed by atoms with van der Waals surface area (Å²) in [4.78, 5) is 3.78. The smallest absolute Gasteiger partial charge is 0.214 e. The van der Waals surface area contributed by atoms with Gasteiger partial charge in [0.15, 0.2) is 0 Å². The molecule has 0 saturated heterocycles. The standard InChI is InChI=1S/C8H8N2O/c1-5-3-7(4-9)6(2)10-8(5)11/h3H,1-2H3,(H,10,11). The molecule has 3 heteroatoms. The van der Waals surface area contributed by atoms with E-state index in [2.05, 4.69) is 4.98 Å². The van der Waals surface area contributed by atoms with Gasteiger partial charge in [0, 0.05) is 5.56 Å². The molecule has 1 aromatic heterocycles. The van der Waals surface area contributed by atoms with Crippen LogP contribution in [0.15, 0.2) is 6.07 Å². The maximum Gasteiger partial charge on any atom is 0.214 e. The van der Waals surface area contributed by atoms with Gasteiger partial charge in [-0.25, -0.2) is 4.98 Å². The van der Waals surface area contributed by atoms with Crippen LogP contribution in [-0.2, 0) is 0 Å². The van der Waals surface area contributed by atoms with Crippen LogP contribution in [-0.4, -0.2) is 10.1 Å². The lowest BCUT2D eigenvalue weighted by Crippen LogP contribution is -1.89. The van der Waals surface area contributed by atoms with Crippen molar-refractivity contribution in [1.82, 2.24) is 4.98 Å². The summed E-state index contributed by atoms with van der Waals surface area (Å²) in [5.74, 6) is 0.00139. The Kier molecular flexibility index (Phi) is 1.77. The molecule has 0 spiro atoms. The zero-order valence-corrected chi connectivity index (χ0v) is 6.42. The van der Waals surface area contributed by atoms with E-state index in [-0.39, 0.29) is 5.88 Å². The zero-order chi connectivity index (χ0) is 8.43. The summed E-state index contributed by atoms with van der Waals surface area (Å²) in [6.07, 6.45) is 0. The SMILES string of the molecule is Cc1cc(C#N)c(C)nc1O. The maximum absolute atomic E-state index is 9.10. The van der Waals surface area contributed by atoms with E-state index in [1.807, 2.05) is 6.07 Å². The maximum atomic E-state index is 9.10. The molecule has 1 N–H and O–H groups in total. The van der Waals surface area contributed by atoms with Gasteiger partial charge in [0.05, 0.1) is 11.3 Å². The number of hydrogen-bond acceptors (Lipinski definition) is 3. The Bertz CT molecular complexity index is 326. The highest BCUT2D eigenvalue weighted by Crippen LogP contribution is 2.15. The fourth-order valence-electron chi connectivity index (χ4n) is 0.806. The van der Waals surface area contributed by atoms with Gasteiger partial charge in [0.2, 0.25) is 5.88 Å². The van der Waals surface area contributed by atoms with Crippen LogP contribution in [0.5, 0.6) is 5.88 Å². The molecule has 0 bridgehead atoms. The molecule has 1 rings (SSSR count). The molecule has 1 aromatic rings. The minimum atomic E-state index is 0.00139. The molecule has 0 aliphatic carbocycles. The Labute approximate surface area is 64.9 Å². The van der Waals surface area contributed by atoms with Gasteiger partial charge in [-0.05, 0) is 19.9 Å². The van der Waals surface area contributed by atoms with E-state index in [9.17, 15) is 0 Å². The predicted molar refractivity (Wildman–Crippen MR) is 40.1 cm³/mol. The second kappa shape index (κ2) is 2.59. The van der Waals surface area contributed by atoms with Crippen LogP contribution >= 0.6 is 0 Å². The molecule has 0 aliphatic heterocycles. The van der Waals surface area contributed by atoms with Gasteiger partial charge in [-0.3, -0.25) is 0 Å². The molecule has 11 heavy (non-hydrogen) atoms. The summed E-state index contributed by atoms with van der Waals surface area (Å²) >= 11 is 0. The molecule has 0 fully saturated rings. The summed E-state index contributed by atoms with van der Waals surface area (Å²) in [5.41, 5.74) is 1.71. The Morgan fingerprint density at radius 3 is 2.73 bits per heavy atom. The van der Waals surface area contributed by atoms with Crippen molar-refractivity contribution in [2.45, 2.75) is 13.8 Å². The first kappa shape index (κ1) is 7.55. The van der Waals surface area contributed by atoms with Crippen LogP contribution < -0.4 is 0 Å². The van der Waals surface area contributed by atoms with Crippen molar-refractivity contribution < 1.29 is 5.11 Å². The number of nitrogens with zero attached hydrogens (tertiary/aromatic N) is 2. The molecule has 0 aliphatic rings. The van der Waals surface area contributed by atoms with Gasteiger partial charge in [-0.1, -0.05) is 0 Å². The highest BCUT2D eigenvalue weighted by atomic mass is 16.3. The summed E-state index contributed by atoms with van der Waals surface area (Å²) in [6, 6.07) is 3.61. The third-order valence-corrected chi connectivity index (χ3v) is 1.50. The average molecular weight is 148 g/mol. The topological polar surface area (TPSA) is 56.9 Å². The molecule has 0 aromatic carbocycles. The van der Waals surface area contributed by atoms with E-state index < -0.39 is 0 Å². The zero-order valence-electron chi connectivity index (χ0n) is 6.42. The minimum absolute atomic E-state index is 0.00139. The van der Waals surface area contributed by atoms with E-state index >= 15 is 0 Å². The second-order valence-corrected chi connectivity index (χ2v) is 2.37. The van der Waals surface area contributed by atoms with Crippen molar-refractivity contribution in [3.63, 3.8) is 0 Å². The lowest BCUT2D eigenvalue weighted by atomic mass is 10.2. The molecule has 3 nitrogen and oxygen atoms in total. The Balaban J connectivity index is 3.35. The van der Waals surface area contributed by atoms with Gasteiger partial charge in [-0.15, -0.1) is 0 Å². The number of rotatable bonds is 0. The van der Waals surface area contributed by atoms with Crippen molar-refractivity contribution in [3.8, 4) is 11.9 Å². The minimum Gasteiger partial charge on any atom is -0.493 e. The van der Waals surface area contributed by atoms with E-state index in [1.54, 1.807) is 19.9 Å². The Morgan fingerprint density at radius 2 is 2.18 bits per heavy atom. The fourth-order valence-corrected chi connectivity index (χ4v) is 0.806. The monoisotopic (exact) mass is 148 g/mol. The van der Waals surface area contributed by atoms with Gasteiger partial charge in [0.1, 0.15) is 6.07 Å². The predicted octanol–water partition coefficient (Wildman–Crippen LogP) is 1.28. The Hall–Kier alpha value is -1.56. The van der Waals surface area contributed by atoms with Crippen LogP contribution in [0.2, 0.25) is 0 Å². The van der Waals surface area contributed by atoms with E-state index in [1.165, 1.54) is 0 Å². The van der Waals surface area contributed by atoms with Gasteiger partial charge < -0.3 is 5.11 Å². The molecular weight excluding hydrogens is 140 g/mol. The third-order valence-electron chi connectivity index (χ3n) is 1.50. The quantitative estimate of drug-likeness (QED) is 0.602. The number of nitriles is 1. The van der Waals surface area contributed by atoms with E-state index in [4.69, 9.17) is 10.4 Å². The van der Waals surface area contributed by atoms with Crippen molar-refractivity contribution in [2.24, 2.45) is 0 Å². The van der Waals surface area contributed by atoms with Crippen LogP contribution in [0.4, 0.5) is 0 Å². The number of aromatic nitrogens is 1.